The largest absolute Gasteiger partial charge is 0.497 e. The van der Waals surface area contributed by atoms with E-state index < -0.39 is 11.9 Å². The van der Waals surface area contributed by atoms with Crippen LogP contribution in [0.4, 0.5) is 0 Å². The van der Waals surface area contributed by atoms with Gasteiger partial charge in [-0.2, -0.15) is 0 Å². The van der Waals surface area contributed by atoms with Gasteiger partial charge in [0, 0.05) is 24.6 Å². The van der Waals surface area contributed by atoms with Gasteiger partial charge in [-0.25, -0.2) is 0 Å². The first-order chi connectivity index (χ1) is 12.0. The van der Waals surface area contributed by atoms with Crippen molar-refractivity contribution < 1.29 is 19.4 Å². The minimum Gasteiger partial charge on any atom is -0.497 e. The van der Waals surface area contributed by atoms with Crippen molar-refractivity contribution in [2.75, 3.05) is 20.2 Å². The summed E-state index contributed by atoms with van der Waals surface area (Å²) in [5.74, 6) is -1.23. The van der Waals surface area contributed by atoms with Crippen molar-refractivity contribution in [1.29, 1.82) is 0 Å². The number of ether oxygens (including phenoxy) is 1. The summed E-state index contributed by atoms with van der Waals surface area (Å²) in [6, 6.07) is 14.7. The molecule has 1 amide bonds. The zero-order valence-corrected chi connectivity index (χ0v) is 14.3. The van der Waals surface area contributed by atoms with Gasteiger partial charge in [-0.3, -0.25) is 9.59 Å². The van der Waals surface area contributed by atoms with Crippen LogP contribution in [0.1, 0.15) is 27.4 Å². The average molecular weight is 339 g/mol. The minimum atomic E-state index is -0.866. The smallest absolute Gasteiger partial charge is 0.308 e. The molecule has 2 aromatic carbocycles. The third-order valence-corrected chi connectivity index (χ3v) is 4.83. The summed E-state index contributed by atoms with van der Waals surface area (Å²) in [7, 11) is 1.55. The van der Waals surface area contributed by atoms with Gasteiger partial charge in [0.05, 0.1) is 13.0 Å². The van der Waals surface area contributed by atoms with Gasteiger partial charge in [0.15, 0.2) is 0 Å². The Morgan fingerprint density at radius 2 is 1.88 bits per heavy atom. The number of benzene rings is 2. The molecule has 1 aliphatic heterocycles. The number of carboxylic acids is 1. The van der Waals surface area contributed by atoms with Crippen LogP contribution < -0.4 is 4.74 Å². The first-order valence-electron chi connectivity index (χ1n) is 8.23. The van der Waals surface area contributed by atoms with E-state index in [4.69, 9.17) is 4.74 Å². The molecule has 1 aliphatic rings. The molecule has 0 spiro atoms. The Kier molecular flexibility index (Phi) is 4.74. The van der Waals surface area contributed by atoms with Crippen LogP contribution in [0.15, 0.2) is 48.5 Å². The third-order valence-electron chi connectivity index (χ3n) is 4.83. The molecule has 2 atom stereocenters. The number of nitrogens with zero attached hydrogens (tertiary/aromatic N) is 1. The zero-order chi connectivity index (χ0) is 18.0. The predicted molar refractivity (Wildman–Crippen MR) is 93.9 cm³/mol. The van der Waals surface area contributed by atoms with E-state index in [1.54, 1.807) is 36.3 Å². The molecule has 3 rings (SSSR count). The van der Waals surface area contributed by atoms with Gasteiger partial charge in [-0.1, -0.05) is 30.3 Å². The molecular weight excluding hydrogens is 318 g/mol. The zero-order valence-electron chi connectivity index (χ0n) is 14.3. The van der Waals surface area contributed by atoms with Crippen molar-refractivity contribution in [2.24, 2.45) is 5.92 Å². The van der Waals surface area contributed by atoms with Crippen LogP contribution in [0.3, 0.4) is 0 Å². The van der Waals surface area contributed by atoms with Crippen LogP contribution in [-0.4, -0.2) is 42.1 Å². The Hall–Kier alpha value is -2.82. The van der Waals surface area contributed by atoms with E-state index in [0.29, 0.717) is 17.9 Å². The van der Waals surface area contributed by atoms with E-state index in [1.807, 2.05) is 31.2 Å². The Labute approximate surface area is 146 Å². The fourth-order valence-corrected chi connectivity index (χ4v) is 3.48. The lowest BCUT2D eigenvalue weighted by atomic mass is 9.86. The topological polar surface area (TPSA) is 66.8 Å². The number of rotatable bonds is 4. The molecule has 1 fully saturated rings. The highest BCUT2D eigenvalue weighted by Crippen LogP contribution is 2.35. The molecule has 2 unspecified atom stereocenters. The number of carbonyl (C=O) groups is 2. The lowest BCUT2D eigenvalue weighted by Crippen LogP contribution is -2.29. The fraction of sp³-hybridized carbons (Fsp3) is 0.300. The highest BCUT2D eigenvalue weighted by atomic mass is 16.5. The number of amides is 1. The summed E-state index contributed by atoms with van der Waals surface area (Å²) in [5, 5.41) is 9.63. The quantitative estimate of drug-likeness (QED) is 0.930. The molecule has 5 heteroatoms. The van der Waals surface area contributed by atoms with E-state index in [0.717, 1.165) is 11.1 Å². The first-order valence-corrected chi connectivity index (χ1v) is 8.23. The summed E-state index contributed by atoms with van der Waals surface area (Å²) >= 11 is 0. The molecule has 0 bridgehead atoms. The van der Waals surface area contributed by atoms with Crippen molar-refractivity contribution in [3.05, 3.63) is 65.2 Å². The molecule has 1 N–H and O–H groups in total. The summed E-state index contributed by atoms with van der Waals surface area (Å²) in [6.45, 7) is 2.59. The second-order valence-electron chi connectivity index (χ2n) is 6.35. The van der Waals surface area contributed by atoms with Crippen LogP contribution in [0.2, 0.25) is 0 Å². The van der Waals surface area contributed by atoms with Crippen molar-refractivity contribution in [3.8, 4) is 5.75 Å². The molecule has 0 aliphatic carbocycles. The minimum absolute atomic E-state index is 0.166. The SMILES string of the molecule is COc1cccc(C(=O)N2CC(C(=O)O)C(c3ccccc3C)C2)c1. The Morgan fingerprint density at radius 3 is 2.56 bits per heavy atom. The fourth-order valence-electron chi connectivity index (χ4n) is 3.48. The van der Waals surface area contributed by atoms with Crippen molar-refractivity contribution >= 4 is 11.9 Å². The molecule has 1 saturated heterocycles. The van der Waals surface area contributed by atoms with Gasteiger partial charge in [0.1, 0.15) is 5.75 Å². The second-order valence-corrected chi connectivity index (χ2v) is 6.35. The van der Waals surface area contributed by atoms with Crippen LogP contribution in [0.5, 0.6) is 5.75 Å². The standard InChI is InChI=1S/C20H21NO4/c1-13-6-3-4-9-16(13)17-11-21(12-18(17)20(23)24)19(22)14-7-5-8-15(10-14)25-2/h3-10,17-18H,11-12H2,1-2H3,(H,23,24). The molecule has 0 aromatic heterocycles. The van der Waals surface area contributed by atoms with E-state index >= 15 is 0 Å². The summed E-state index contributed by atoms with van der Waals surface area (Å²) in [4.78, 5) is 26.2. The summed E-state index contributed by atoms with van der Waals surface area (Å²) in [6.07, 6.45) is 0. The Bertz CT molecular complexity index is 802. The van der Waals surface area contributed by atoms with Crippen LogP contribution in [-0.2, 0) is 4.79 Å². The Morgan fingerprint density at radius 1 is 1.12 bits per heavy atom. The third kappa shape index (κ3) is 3.36. The molecular formula is C20H21NO4. The molecule has 5 nitrogen and oxygen atoms in total. The van der Waals surface area contributed by atoms with E-state index in [9.17, 15) is 14.7 Å². The van der Waals surface area contributed by atoms with E-state index in [-0.39, 0.29) is 18.4 Å². The molecule has 25 heavy (non-hydrogen) atoms. The van der Waals surface area contributed by atoms with Crippen LogP contribution in [0.25, 0.3) is 0 Å². The lowest BCUT2D eigenvalue weighted by Gasteiger charge is -2.18. The van der Waals surface area contributed by atoms with Crippen LogP contribution >= 0.6 is 0 Å². The molecule has 1 heterocycles. The number of carboxylic acid groups (broad SMARTS) is 1. The van der Waals surface area contributed by atoms with Crippen LogP contribution in [0, 0.1) is 12.8 Å². The average Bonchev–Trinajstić information content (AvgIpc) is 3.07. The van der Waals surface area contributed by atoms with Gasteiger partial charge >= 0.3 is 5.97 Å². The number of hydrogen-bond donors (Lipinski definition) is 1. The number of aryl methyl sites for hydroxylation is 1. The molecule has 130 valence electrons. The highest BCUT2D eigenvalue weighted by molar-refractivity contribution is 5.95. The van der Waals surface area contributed by atoms with E-state index in [1.165, 1.54) is 0 Å². The number of likely N-dealkylation sites (tertiary alicyclic amines) is 1. The normalized spacial score (nSPS) is 19.7. The summed E-state index contributed by atoms with van der Waals surface area (Å²) in [5.41, 5.74) is 2.55. The van der Waals surface area contributed by atoms with Gasteiger partial charge in [-0.05, 0) is 36.2 Å². The molecule has 0 radical (unpaired) electrons. The van der Waals surface area contributed by atoms with Gasteiger partial charge < -0.3 is 14.7 Å². The predicted octanol–water partition coefficient (Wildman–Crippen LogP) is 2.94. The number of hydrogen-bond acceptors (Lipinski definition) is 3. The van der Waals surface area contributed by atoms with Crippen molar-refractivity contribution in [3.63, 3.8) is 0 Å². The maximum Gasteiger partial charge on any atom is 0.308 e. The monoisotopic (exact) mass is 339 g/mol. The second kappa shape index (κ2) is 6.97. The summed E-state index contributed by atoms with van der Waals surface area (Å²) < 4.78 is 5.17. The maximum absolute atomic E-state index is 12.8. The Balaban J connectivity index is 1.88. The first kappa shape index (κ1) is 17.0. The van der Waals surface area contributed by atoms with Gasteiger partial charge in [-0.15, -0.1) is 0 Å². The molecule has 0 saturated carbocycles. The van der Waals surface area contributed by atoms with Gasteiger partial charge in [0.2, 0.25) is 0 Å². The van der Waals surface area contributed by atoms with Crippen molar-refractivity contribution in [2.45, 2.75) is 12.8 Å². The van der Waals surface area contributed by atoms with Crippen molar-refractivity contribution in [1.82, 2.24) is 4.90 Å². The number of methoxy groups -OCH3 is 1. The molecule has 2 aromatic rings. The van der Waals surface area contributed by atoms with E-state index in [2.05, 4.69) is 0 Å². The highest BCUT2D eigenvalue weighted by Gasteiger charge is 2.41. The number of carbonyl (C=O) groups excluding carboxylic acids is 1. The maximum atomic E-state index is 12.8. The lowest BCUT2D eigenvalue weighted by molar-refractivity contribution is -0.141. The number of aliphatic carboxylic acids is 1. The van der Waals surface area contributed by atoms with Gasteiger partial charge in [0.25, 0.3) is 5.91 Å².